The molecular formula is C116H102O28. The van der Waals surface area contributed by atoms with Crippen molar-refractivity contribution in [3.63, 3.8) is 0 Å². The molecule has 0 N–H and O–H groups in total. The summed E-state index contributed by atoms with van der Waals surface area (Å²) in [6.45, 7) is 0.910. The number of hydrogen-bond acceptors (Lipinski definition) is 28. The first kappa shape index (κ1) is 102. The molecule has 14 aromatic carbocycles. The normalized spacial score (nSPS) is 10.9. The molecule has 0 aliphatic rings. The van der Waals surface area contributed by atoms with Crippen LogP contribution in [0.15, 0.2) is 315 Å². The van der Waals surface area contributed by atoms with Crippen LogP contribution in [-0.2, 0) is 117 Å². The maximum atomic E-state index is 12.4. The maximum absolute atomic E-state index is 12.4. The van der Waals surface area contributed by atoms with Gasteiger partial charge in [-0.3, -0.25) is 0 Å². The zero-order valence-corrected chi connectivity index (χ0v) is 80.1. The molecule has 0 heterocycles. The summed E-state index contributed by atoms with van der Waals surface area (Å²) >= 11 is 0. The van der Waals surface area contributed by atoms with Crippen molar-refractivity contribution in [3.8, 4) is 69.0 Å². The Hall–Kier alpha value is -18.1. The van der Waals surface area contributed by atoms with Crippen LogP contribution in [0.25, 0.3) is 12.2 Å². The molecule has 14 rings (SSSR count). The van der Waals surface area contributed by atoms with Gasteiger partial charge in [0.25, 0.3) is 0 Å². The fourth-order valence-electron chi connectivity index (χ4n) is 14.4. The summed E-state index contributed by atoms with van der Waals surface area (Å²) < 4.78 is 118. The highest BCUT2D eigenvalue weighted by Gasteiger charge is 2.20. The number of carbonyl (C=O) groups is 8. The van der Waals surface area contributed by atoms with E-state index >= 15 is 0 Å². The summed E-state index contributed by atoms with van der Waals surface area (Å²) in [7, 11) is 10.5. The monoisotopic (exact) mass is 1940 g/mol. The standard InChI is InChI=1S/C116H102O28/c1-125-109(117)89-29-13-75(14-30-89)63-133-101-49-85(50-102(59-101)134-64-76-15-31-90(32-16-76)110(118)126-2)71-141-97-45-83(46-98(57-97)142-72-86-51-103(135-65-77-17-33-91(34-18-77)111(119)127-3)60-104(52-86)136-66-78-19-35-92(36-20-78)112(120)128-4)11-9-10-12-84-47-99(143-73-87-53-105(137-67-79-21-37-93(38-22-79)113(121)129-5)61-106(54-87)138-68-80-23-39-94(40-24-80)114(122)130-6)58-100(48-84)144-74-88-55-107(139-69-81-25-41-95(42-26-81)115(123)131-7)62-108(56-88)140-70-82-27-43-96(44-28-82)116(124)132-8/h9-62H,63-74H2,1-8H3/b11-9+,12-10+. The molecule has 0 aliphatic carbocycles. The average Bonchev–Trinajstić information content (AvgIpc) is 0.833. The molecule has 28 nitrogen and oxygen atoms in total. The van der Waals surface area contributed by atoms with Crippen LogP contribution in [0.5, 0.6) is 69.0 Å². The largest absolute Gasteiger partial charge is 0.489 e. The highest BCUT2D eigenvalue weighted by Crippen LogP contribution is 2.36. The Morgan fingerprint density at radius 2 is 0.264 bits per heavy atom. The molecule has 0 radical (unpaired) electrons. The summed E-state index contributed by atoms with van der Waals surface area (Å²) in [4.78, 5) is 99.0. The third-order valence-corrected chi connectivity index (χ3v) is 22.1. The smallest absolute Gasteiger partial charge is 0.337 e. The van der Waals surface area contributed by atoms with Gasteiger partial charge in [-0.15, -0.1) is 0 Å². The first-order valence-corrected chi connectivity index (χ1v) is 45.2. The van der Waals surface area contributed by atoms with Crippen molar-refractivity contribution in [2.24, 2.45) is 0 Å². The van der Waals surface area contributed by atoms with Gasteiger partial charge in [0.2, 0.25) is 0 Å². The lowest BCUT2D eigenvalue weighted by Crippen LogP contribution is -2.04. The fraction of sp³-hybridized carbons (Fsp3) is 0.172. The fourth-order valence-corrected chi connectivity index (χ4v) is 14.4. The van der Waals surface area contributed by atoms with E-state index in [-0.39, 0.29) is 79.3 Å². The van der Waals surface area contributed by atoms with Gasteiger partial charge in [0, 0.05) is 36.4 Å². The molecule has 0 fully saturated rings. The van der Waals surface area contributed by atoms with E-state index in [9.17, 15) is 38.4 Å². The molecule has 144 heavy (non-hydrogen) atoms. The number of benzene rings is 14. The van der Waals surface area contributed by atoms with Crippen molar-refractivity contribution < 1.29 is 133 Å². The first-order chi connectivity index (χ1) is 70.1. The number of methoxy groups -OCH3 is 8. The predicted molar refractivity (Wildman–Crippen MR) is 531 cm³/mol. The van der Waals surface area contributed by atoms with E-state index < -0.39 is 47.8 Å². The third-order valence-electron chi connectivity index (χ3n) is 22.1. The van der Waals surface area contributed by atoms with E-state index in [1.54, 1.807) is 231 Å². The lowest BCUT2D eigenvalue weighted by atomic mass is 10.1. The molecule has 0 spiro atoms. The van der Waals surface area contributed by atoms with Crippen LogP contribution in [0.1, 0.15) is 161 Å². The molecule has 0 atom stereocenters. The Bertz CT molecular complexity index is 5720. The van der Waals surface area contributed by atoms with Gasteiger partial charge in [0.15, 0.2) is 0 Å². The van der Waals surface area contributed by atoms with E-state index in [2.05, 4.69) is 0 Å². The Kier molecular flexibility index (Phi) is 36.1. The van der Waals surface area contributed by atoms with Gasteiger partial charge in [0.1, 0.15) is 148 Å². The van der Waals surface area contributed by atoms with Crippen molar-refractivity contribution in [1.82, 2.24) is 0 Å². The maximum Gasteiger partial charge on any atom is 0.337 e. The van der Waals surface area contributed by atoms with Crippen LogP contribution in [0.2, 0.25) is 0 Å². The van der Waals surface area contributed by atoms with Gasteiger partial charge in [-0.25, -0.2) is 38.4 Å². The number of rotatable bonds is 47. The topological polar surface area (TPSA) is 321 Å². The van der Waals surface area contributed by atoms with Gasteiger partial charge in [-0.2, -0.15) is 0 Å². The molecular weight excluding hydrogens is 1840 g/mol. The summed E-state index contributed by atoms with van der Waals surface area (Å²) in [5.41, 5.74) is 13.1. The minimum atomic E-state index is -0.475. The van der Waals surface area contributed by atoms with Gasteiger partial charge in [-0.05, 0) is 248 Å². The van der Waals surface area contributed by atoms with Crippen LogP contribution < -0.4 is 56.8 Å². The number of hydrogen-bond donors (Lipinski definition) is 0. The quantitative estimate of drug-likeness (QED) is 0.0194. The van der Waals surface area contributed by atoms with E-state index in [0.717, 1.165) is 44.5 Å². The lowest BCUT2D eigenvalue weighted by Gasteiger charge is -2.16. The number of carbonyl (C=O) groups excluding carboxylic acids is 8. The van der Waals surface area contributed by atoms with Crippen LogP contribution in [0.3, 0.4) is 0 Å². The summed E-state index contributed by atoms with van der Waals surface area (Å²) in [5.74, 6) is 1.33. The van der Waals surface area contributed by atoms with Crippen molar-refractivity contribution in [2.45, 2.75) is 79.3 Å². The van der Waals surface area contributed by atoms with Crippen molar-refractivity contribution >= 4 is 59.9 Å². The molecule has 28 heteroatoms. The van der Waals surface area contributed by atoms with E-state index in [0.29, 0.717) is 147 Å². The Balaban J connectivity index is 0.797. The average molecular weight is 1940 g/mol. The van der Waals surface area contributed by atoms with Gasteiger partial charge in [0.05, 0.1) is 101 Å². The number of allylic oxidation sites excluding steroid dienone is 2. The Labute approximate surface area is 831 Å². The minimum absolute atomic E-state index is 0.0131. The highest BCUT2D eigenvalue weighted by molar-refractivity contribution is 5.93. The van der Waals surface area contributed by atoms with Crippen LogP contribution in [-0.4, -0.2) is 105 Å². The molecule has 0 unspecified atom stereocenters. The Morgan fingerprint density at radius 1 is 0.153 bits per heavy atom. The van der Waals surface area contributed by atoms with Crippen molar-refractivity contribution in [2.75, 3.05) is 56.9 Å². The lowest BCUT2D eigenvalue weighted by molar-refractivity contribution is 0.0592. The Morgan fingerprint density at radius 3 is 0.382 bits per heavy atom. The second-order valence-electron chi connectivity index (χ2n) is 32.4. The molecule has 0 bridgehead atoms. The van der Waals surface area contributed by atoms with Crippen LogP contribution >= 0.6 is 0 Å². The molecule has 0 aliphatic heterocycles. The highest BCUT2D eigenvalue weighted by atomic mass is 16.6. The number of esters is 8. The summed E-state index contributed by atoms with van der Waals surface area (Å²) in [5, 5.41) is 0. The van der Waals surface area contributed by atoms with Gasteiger partial charge in [-0.1, -0.05) is 121 Å². The summed E-state index contributed by atoms with van der Waals surface area (Å²) in [6.07, 6.45) is 7.47. The van der Waals surface area contributed by atoms with E-state index in [1.165, 1.54) is 56.9 Å². The molecule has 0 aromatic heterocycles. The molecule has 734 valence electrons. The zero-order valence-electron chi connectivity index (χ0n) is 80.1. The van der Waals surface area contributed by atoms with E-state index in [4.69, 9.17) is 94.7 Å². The second kappa shape index (κ2) is 51.0. The summed E-state index contributed by atoms with van der Waals surface area (Å²) in [6, 6.07) is 87.6. The third kappa shape index (κ3) is 30.2. The second-order valence-corrected chi connectivity index (χ2v) is 32.4. The molecule has 0 amide bonds. The van der Waals surface area contributed by atoms with Crippen molar-refractivity contribution in [3.05, 3.63) is 438 Å². The first-order valence-electron chi connectivity index (χ1n) is 45.2. The van der Waals surface area contributed by atoms with Gasteiger partial charge < -0.3 is 94.7 Å². The van der Waals surface area contributed by atoms with Crippen LogP contribution in [0, 0.1) is 0 Å². The van der Waals surface area contributed by atoms with E-state index in [1.807, 2.05) is 97.1 Å². The number of ether oxygens (including phenoxy) is 20. The molecule has 14 aromatic rings. The van der Waals surface area contributed by atoms with Crippen molar-refractivity contribution in [1.29, 1.82) is 0 Å². The predicted octanol–water partition coefficient (Wildman–Crippen LogP) is 21.7. The van der Waals surface area contributed by atoms with Gasteiger partial charge >= 0.3 is 47.8 Å². The SMILES string of the molecule is COC(=O)c1ccc(COc2cc(COc3cc(/C=C/C=C/c4cc(OCc5cc(OCc6ccc(C(=O)OC)cc6)cc(OCc6ccc(C(=O)OC)cc6)c5)cc(OCc5cc(OCc6ccc(C(=O)OC)cc6)cc(OCc6ccc(C(=O)OC)cc6)c5)c4)cc(OCc4cc(OCc5ccc(C(=O)OC)cc5)cc(OCc5ccc(C(=O)OC)cc5)c4)c3)cc(OCc3ccc(C(=O)OC)cc3)c2)cc1. The molecule has 0 saturated heterocycles. The molecule has 0 saturated carbocycles. The van der Waals surface area contributed by atoms with Crippen LogP contribution in [0.4, 0.5) is 0 Å². The zero-order chi connectivity index (χ0) is 101. The minimum Gasteiger partial charge on any atom is -0.489 e.